The highest BCUT2D eigenvalue weighted by Crippen LogP contribution is 2.38. The van der Waals surface area contributed by atoms with Crippen molar-refractivity contribution in [2.24, 2.45) is 0 Å². The molecule has 1 aliphatic rings. The molecule has 1 fully saturated rings. The lowest BCUT2D eigenvalue weighted by Crippen LogP contribution is -2.49. The Morgan fingerprint density at radius 1 is 0.900 bits per heavy atom. The molecule has 4 rings (SSSR count). The number of benzene rings is 2. The maximum Gasteiger partial charge on any atom is 0.254 e. The van der Waals surface area contributed by atoms with Crippen molar-refractivity contribution in [1.82, 2.24) is 14.9 Å². The van der Waals surface area contributed by atoms with E-state index < -0.39 is 0 Å². The van der Waals surface area contributed by atoms with Gasteiger partial charge >= 0.3 is 0 Å². The molecule has 1 amide bonds. The van der Waals surface area contributed by atoms with Crippen LogP contribution in [0, 0.1) is 0 Å². The second kappa shape index (κ2) is 8.44. The zero-order valence-corrected chi connectivity index (χ0v) is 17.3. The molecule has 0 atom stereocenters. The molecule has 2 heterocycles. The Labute approximate surface area is 175 Å². The first kappa shape index (κ1) is 19.8. The molecule has 0 N–H and O–H groups in total. The van der Waals surface area contributed by atoms with E-state index in [9.17, 15) is 4.79 Å². The first-order chi connectivity index (χ1) is 14.6. The van der Waals surface area contributed by atoms with Crippen LogP contribution in [0.2, 0.25) is 0 Å². The van der Waals surface area contributed by atoms with E-state index in [0.29, 0.717) is 49.0 Å². The van der Waals surface area contributed by atoms with Gasteiger partial charge < -0.3 is 24.0 Å². The molecule has 0 saturated carbocycles. The van der Waals surface area contributed by atoms with Gasteiger partial charge in [0.2, 0.25) is 5.75 Å². The zero-order chi connectivity index (χ0) is 21.1. The third-order valence-electron chi connectivity index (χ3n) is 5.24. The number of hydrogen-bond acceptors (Lipinski definition) is 7. The number of para-hydroxylation sites is 2. The smallest absolute Gasteiger partial charge is 0.254 e. The fourth-order valence-electron chi connectivity index (χ4n) is 3.63. The van der Waals surface area contributed by atoms with Crippen molar-refractivity contribution in [2.75, 3.05) is 52.4 Å². The molecule has 2 aromatic carbocycles. The summed E-state index contributed by atoms with van der Waals surface area (Å²) in [5.41, 5.74) is 2.24. The van der Waals surface area contributed by atoms with Gasteiger partial charge in [-0.25, -0.2) is 4.98 Å². The second-order valence-electron chi connectivity index (χ2n) is 6.91. The predicted molar refractivity (Wildman–Crippen MR) is 114 cm³/mol. The molecule has 1 saturated heterocycles. The average Bonchev–Trinajstić information content (AvgIpc) is 2.82. The number of carbonyl (C=O) groups excluding carboxylic acids is 1. The summed E-state index contributed by atoms with van der Waals surface area (Å²) >= 11 is 0. The molecule has 3 aromatic rings. The van der Waals surface area contributed by atoms with Gasteiger partial charge in [0.15, 0.2) is 11.5 Å². The van der Waals surface area contributed by atoms with Crippen LogP contribution in [-0.4, -0.2) is 68.3 Å². The van der Waals surface area contributed by atoms with Gasteiger partial charge in [-0.2, -0.15) is 0 Å². The summed E-state index contributed by atoms with van der Waals surface area (Å²) in [5, 5.41) is 0. The van der Waals surface area contributed by atoms with Crippen molar-refractivity contribution in [2.45, 2.75) is 0 Å². The minimum absolute atomic E-state index is 0.0708. The van der Waals surface area contributed by atoms with E-state index in [1.165, 1.54) is 21.3 Å². The Balaban J connectivity index is 1.49. The number of carbonyl (C=O) groups is 1. The molecule has 0 radical (unpaired) electrons. The summed E-state index contributed by atoms with van der Waals surface area (Å²) in [6, 6.07) is 11.2. The normalized spacial score (nSPS) is 14.0. The molecule has 30 heavy (non-hydrogen) atoms. The number of aromatic nitrogens is 2. The first-order valence-corrected chi connectivity index (χ1v) is 9.70. The maximum absolute atomic E-state index is 13.1. The number of amides is 1. The highest BCUT2D eigenvalue weighted by Gasteiger charge is 2.25. The maximum atomic E-state index is 13.1. The summed E-state index contributed by atoms with van der Waals surface area (Å²) < 4.78 is 16.1. The quantitative estimate of drug-likeness (QED) is 0.642. The highest BCUT2D eigenvalue weighted by atomic mass is 16.5. The Morgan fingerprint density at radius 2 is 1.53 bits per heavy atom. The average molecular weight is 408 g/mol. The number of anilines is 1. The second-order valence-corrected chi connectivity index (χ2v) is 6.91. The monoisotopic (exact) mass is 408 g/mol. The van der Waals surface area contributed by atoms with E-state index in [1.54, 1.807) is 18.3 Å². The van der Waals surface area contributed by atoms with Crippen molar-refractivity contribution < 1.29 is 19.0 Å². The summed E-state index contributed by atoms with van der Waals surface area (Å²) in [7, 11) is 4.61. The van der Waals surface area contributed by atoms with Crippen LogP contribution >= 0.6 is 0 Å². The van der Waals surface area contributed by atoms with Crippen LogP contribution < -0.4 is 19.1 Å². The SMILES string of the molecule is COc1cc(C(=O)N2CCN(c3cnc4ccccc4n3)CC2)cc(OC)c1OC. The van der Waals surface area contributed by atoms with Crippen molar-refractivity contribution in [3.8, 4) is 17.2 Å². The molecule has 0 bridgehead atoms. The van der Waals surface area contributed by atoms with Gasteiger partial charge in [0.1, 0.15) is 5.82 Å². The van der Waals surface area contributed by atoms with Crippen LogP contribution in [0.4, 0.5) is 5.82 Å². The molecule has 0 spiro atoms. The van der Waals surface area contributed by atoms with Crippen molar-refractivity contribution in [1.29, 1.82) is 0 Å². The summed E-state index contributed by atoms with van der Waals surface area (Å²) in [6.07, 6.45) is 1.79. The number of fused-ring (bicyclic) bond motifs is 1. The van der Waals surface area contributed by atoms with Crippen LogP contribution in [0.25, 0.3) is 11.0 Å². The lowest BCUT2D eigenvalue weighted by Gasteiger charge is -2.35. The molecule has 0 aliphatic carbocycles. The van der Waals surface area contributed by atoms with E-state index in [4.69, 9.17) is 19.2 Å². The third-order valence-corrected chi connectivity index (χ3v) is 5.24. The highest BCUT2D eigenvalue weighted by molar-refractivity contribution is 5.96. The summed E-state index contributed by atoms with van der Waals surface area (Å²) in [4.78, 5) is 26.3. The fraction of sp³-hybridized carbons (Fsp3) is 0.318. The van der Waals surface area contributed by atoms with Crippen molar-refractivity contribution >= 4 is 22.8 Å². The van der Waals surface area contributed by atoms with E-state index in [2.05, 4.69) is 9.88 Å². The Morgan fingerprint density at radius 3 is 2.13 bits per heavy atom. The molecule has 1 aromatic heterocycles. The zero-order valence-electron chi connectivity index (χ0n) is 17.3. The van der Waals surface area contributed by atoms with Gasteiger partial charge in [-0.3, -0.25) is 9.78 Å². The van der Waals surface area contributed by atoms with E-state index >= 15 is 0 Å². The fourth-order valence-corrected chi connectivity index (χ4v) is 3.63. The molecule has 8 nitrogen and oxygen atoms in total. The van der Waals surface area contributed by atoms with Gasteiger partial charge in [0.25, 0.3) is 5.91 Å². The lowest BCUT2D eigenvalue weighted by atomic mass is 10.1. The number of rotatable bonds is 5. The van der Waals surface area contributed by atoms with Crippen LogP contribution in [0.15, 0.2) is 42.6 Å². The minimum Gasteiger partial charge on any atom is -0.493 e. The number of hydrogen-bond donors (Lipinski definition) is 0. The largest absolute Gasteiger partial charge is 0.493 e. The molecule has 1 aliphatic heterocycles. The Kier molecular flexibility index (Phi) is 5.56. The summed E-state index contributed by atoms with van der Waals surface area (Å²) in [5.74, 6) is 2.15. The van der Waals surface area contributed by atoms with E-state index in [-0.39, 0.29) is 5.91 Å². The van der Waals surface area contributed by atoms with E-state index in [1.807, 2.05) is 29.2 Å². The summed E-state index contributed by atoms with van der Waals surface area (Å²) in [6.45, 7) is 2.54. The lowest BCUT2D eigenvalue weighted by molar-refractivity contribution is 0.0745. The Bertz CT molecular complexity index is 1040. The minimum atomic E-state index is -0.0708. The van der Waals surface area contributed by atoms with Crippen LogP contribution in [0.1, 0.15) is 10.4 Å². The molecular formula is C22H24N4O4. The standard InChI is InChI=1S/C22H24N4O4/c1-28-18-12-15(13-19(29-2)21(18)30-3)22(27)26-10-8-25(9-11-26)20-14-23-16-6-4-5-7-17(16)24-20/h4-7,12-14H,8-11H2,1-3H3. The first-order valence-electron chi connectivity index (χ1n) is 9.70. The van der Waals surface area contributed by atoms with Crippen LogP contribution in [0.3, 0.4) is 0 Å². The van der Waals surface area contributed by atoms with Crippen molar-refractivity contribution in [3.05, 3.63) is 48.2 Å². The number of methoxy groups -OCH3 is 3. The molecule has 8 heteroatoms. The third kappa shape index (κ3) is 3.68. The number of piperazine rings is 1. The van der Waals surface area contributed by atoms with Gasteiger partial charge in [-0.15, -0.1) is 0 Å². The topological polar surface area (TPSA) is 77.0 Å². The van der Waals surface area contributed by atoms with Crippen LogP contribution in [0.5, 0.6) is 17.2 Å². The molecular weight excluding hydrogens is 384 g/mol. The van der Waals surface area contributed by atoms with Gasteiger partial charge in [-0.05, 0) is 24.3 Å². The van der Waals surface area contributed by atoms with Gasteiger partial charge in [0.05, 0.1) is 38.6 Å². The number of nitrogens with zero attached hydrogens (tertiary/aromatic N) is 4. The van der Waals surface area contributed by atoms with E-state index in [0.717, 1.165) is 16.9 Å². The predicted octanol–water partition coefficient (Wildman–Crippen LogP) is 2.62. The Hall–Kier alpha value is -3.55. The van der Waals surface area contributed by atoms with Crippen LogP contribution in [-0.2, 0) is 0 Å². The van der Waals surface area contributed by atoms with Gasteiger partial charge in [0, 0.05) is 31.7 Å². The van der Waals surface area contributed by atoms with Gasteiger partial charge in [-0.1, -0.05) is 12.1 Å². The number of ether oxygens (including phenoxy) is 3. The van der Waals surface area contributed by atoms with Crippen molar-refractivity contribution in [3.63, 3.8) is 0 Å². The molecule has 156 valence electrons. The molecule has 0 unspecified atom stereocenters.